The number of urea groups is 1. The highest BCUT2D eigenvalue weighted by molar-refractivity contribution is 5.97. The van der Waals surface area contributed by atoms with Crippen molar-refractivity contribution in [2.45, 2.75) is 25.6 Å². The zero-order chi connectivity index (χ0) is 22.2. The number of amides is 2. The number of aliphatic hydroxyl groups is 1. The summed E-state index contributed by atoms with van der Waals surface area (Å²) in [6.45, 7) is 3.35. The maximum Gasteiger partial charge on any atom is 0.326 e. The van der Waals surface area contributed by atoms with Crippen LogP contribution in [0.2, 0.25) is 0 Å². The van der Waals surface area contributed by atoms with E-state index in [4.69, 9.17) is 5.41 Å². The van der Waals surface area contributed by atoms with Gasteiger partial charge in [-0.15, -0.1) is 0 Å². The summed E-state index contributed by atoms with van der Waals surface area (Å²) in [5.74, 6) is -0.226. The largest absolute Gasteiger partial charge is 0.368 e. The van der Waals surface area contributed by atoms with Crippen LogP contribution in [0.5, 0.6) is 0 Å². The molecule has 3 aromatic rings. The van der Waals surface area contributed by atoms with Crippen molar-refractivity contribution >= 4 is 29.4 Å². The molecule has 3 heterocycles. The molecule has 2 atom stereocenters. The van der Waals surface area contributed by atoms with Crippen molar-refractivity contribution in [1.82, 2.24) is 15.3 Å². The van der Waals surface area contributed by atoms with Crippen LogP contribution in [0.1, 0.15) is 29.8 Å². The van der Waals surface area contributed by atoms with Crippen molar-refractivity contribution in [2.75, 3.05) is 10.2 Å². The van der Waals surface area contributed by atoms with Gasteiger partial charge in [0.15, 0.2) is 5.72 Å². The molecule has 8 nitrogen and oxygen atoms in total. The fourth-order valence-corrected chi connectivity index (χ4v) is 3.63. The fraction of sp³-hybridized carbons (Fsp3) is 0.182. The van der Waals surface area contributed by atoms with Crippen LogP contribution in [0.3, 0.4) is 0 Å². The molecule has 0 aliphatic carbocycles. The van der Waals surface area contributed by atoms with E-state index in [2.05, 4.69) is 20.6 Å². The molecule has 158 valence electrons. The summed E-state index contributed by atoms with van der Waals surface area (Å²) in [5, 5.41) is 24.9. The van der Waals surface area contributed by atoms with Crippen LogP contribution in [0.25, 0.3) is 0 Å². The molecule has 2 amide bonds. The van der Waals surface area contributed by atoms with Gasteiger partial charge in [-0.05, 0) is 49.7 Å². The number of anilines is 3. The first-order valence-corrected chi connectivity index (χ1v) is 9.58. The number of nitrogens with one attached hydrogen (secondary N) is 3. The van der Waals surface area contributed by atoms with Gasteiger partial charge in [-0.1, -0.05) is 12.1 Å². The Bertz CT molecular complexity index is 1150. The van der Waals surface area contributed by atoms with Crippen molar-refractivity contribution in [3.8, 4) is 0 Å². The van der Waals surface area contributed by atoms with Crippen LogP contribution in [0.15, 0.2) is 54.9 Å². The van der Waals surface area contributed by atoms with Gasteiger partial charge in [-0.2, -0.15) is 0 Å². The van der Waals surface area contributed by atoms with E-state index in [1.165, 1.54) is 37.4 Å². The van der Waals surface area contributed by atoms with E-state index >= 15 is 0 Å². The Morgan fingerprint density at radius 3 is 2.68 bits per heavy atom. The molecule has 1 saturated heterocycles. The molecule has 0 saturated carbocycles. The lowest BCUT2D eigenvalue weighted by molar-refractivity contribution is 0.0492. The predicted octanol–water partition coefficient (Wildman–Crippen LogP) is 3.64. The van der Waals surface area contributed by atoms with E-state index in [0.717, 1.165) is 22.5 Å². The van der Waals surface area contributed by atoms with Crippen LogP contribution in [-0.2, 0) is 0 Å². The lowest BCUT2D eigenvalue weighted by atomic mass is 9.98. The highest BCUT2D eigenvalue weighted by Gasteiger charge is 2.50. The summed E-state index contributed by atoms with van der Waals surface area (Å²) in [6.07, 6.45) is 4.31. The van der Waals surface area contributed by atoms with Gasteiger partial charge in [0.1, 0.15) is 17.7 Å². The summed E-state index contributed by atoms with van der Waals surface area (Å²) >= 11 is 0. The standard InChI is InChI=1S/C22H21FN6O2/c1-13-9-17(7-8-25-13)27-18-12-26-19(10-15(18)11-24)29-21(30)28-20(22(29,2)31)14-3-5-16(23)6-4-14/h3-12,20,24,31H,1-2H3,(H,25,27)(H,28,30). The van der Waals surface area contributed by atoms with Gasteiger partial charge in [0.2, 0.25) is 0 Å². The zero-order valence-electron chi connectivity index (χ0n) is 16.9. The number of hydrogen-bond acceptors (Lipinski definition) is 6. The molecular weight excluding hydrogens is 399 g/mol. The number of carbonyl (C=O) groups excluding carboxylic acids is 1. The molecule has 31 heavy (non-hydrogen) atoms. The number of pyridine rings is 2. The molecule has 1 fully saturated rings. The van der Waals surface area contributed by atoms with Crippen LogP contribution < -0.4 is 15.5 Å². The van der Waals surface area contributed by atoms with Crippen molar-refractivity contribution in [1.29, 1.82) is 5.41 Å². The van der Waals surface area contributed by atoms with E-state index in [1.807, 2.05) is 13.0 Å². The molecule has 4 rings (SSSR count). The number of halogens is 1. The normalized spacial score (nSPS) is 20.5. The quantitative estimate of drug-likeness (QED) is 0.471. The molecule has 1 aliphatic rings. The Kier molecular flexibility index (Phi) is 5.12. The number of benzene rings is 1. The second kappa shape index (κ2) is 7.77. The second-order valence-electron chi connectivity index (χ2n) is 7.45. The Labute approximate surface area is 178 Å². The summed E-state index contributed by atoms with van der Waals surface area (Å²) in [6, 6.07) is 9.42. The first-order chi connectivity index (χ1) is 14.8. The van der Waals surface area contributed by atoms with E-state index in [1.54, 1.807) is 18.3 Å². The Balaban J connectivity index is 1.66. The Morgan fingerprint density at radius 2 is 2.00 bits per heavy atom. The van der Waals surface area contributed by atoms with Crippen molar-refractivity contribution in [3.63, 3.8) is 0 Å². The van der Waals surface area contributed by atoms with Crippen molar-refractivity contribution < 1.29 is 14.3 Å². The topological polar surface area (TPSA) is 114 Å². The third kappa shape index (κ3) is 3.82. The first-order valence-electron chi connectivity index (χ1n) is 9.58. The van der Waals surface area contributed by atoms with Crippen LogP contribution in [0.4, 0.5) is 26.4 Å². The highest BCUT2D eigenvalue weighted by atomic mass is 19.1. The van der Waals surface area contributed by atoms with E-state index < -0.39 is 23.6 Å². The van der Waals surface area contributed by atoms with E-state index in [0.29, 0.717) is 16.8 Å². The molecule has 2 aromatic heterocycles. The van der Waals surface area contributed by atoms with Gasteiger partial charge in [0.05, 0.1) is 11.9 Å². The predicted molar refractivity (Wildman–Crippen MR) is 115 cm³/mol. The van der Waals surface area contributed by atoms with Gasteiger partial charge in [-0.25, -0.2) is 19.1 Å². The number of aromatic nitrogens is 2. The summed E-state index contributed by atoms with van der Waals surface area (Å²) < 4.78 is 13.3. The van der Waals surface area contributed by atoms with Crippen LogP contribution in [-0.4, -0.2) is 33.0 Å². The average molecular weight is 420 g/mol. The molecular formula is C22H21FN6O2. The van der Waals surface area contributed by atoms with Crippen molar-refractivity contribution in [3.05, 3.63) is 77.5 Å². The molecule has 4 N–H and O–H groups in total. The zero-order valence-corrected chi connectivity index (χ0v) is 16.9. The van der Waals surface area contributed by atoms with Gasteiger partial charge in [-0.3, -0.25) is 4.98 Å². The molecule has 2 unspecified atom stereocenters. The smallest absolute Gasteiger partial charge is 0.326 e. The average Bonchev–Trinajstić information content (AvgIpc) is 2.97. The lowest BCUT2D eigenvalue weighted by Gasteiger charge is -2.32. The Hall–Kier alpha value is -3.85. The minimum Gasteiger partial charge on any atom is -0.368 e. The SMILES string of the molecule is Cc1cc(Nc2cnc(N3C(=O)NC(c4ccc(F)cc4)C3(C)O)cc2C=N)ccn1. The number of rotatable bonds is 5. The van der Waals surface area contributed by atoms with E-state index in [-0.39, 0.29) is 5.82 Å². The lowest BCUT2D eigenvalue weighted by Crippen LogP contribution is -2.46. The minimum atomic E-state index is -1.67. The Morgan fingerprint density at radius 1 is 1.26 bits per heavy atom. The molecule has 1 aromatic carbocycles. The molecule has 9 heteroatoms. The van der Waals surface area contributed by atoms with Gasteiger partial charge in [0.25, 0.3) is 0 Å². The first kappa shape index (κ1) is 20.4. The maximum atomic E-state index is 13.3. The third-order valence-corrected chi connectivity index (χ3v) is 5.16. The van der Waals surface area contributed by atoms with Crippen LogP contribution >= 0.6 is 0 Å². The molecule has 0 spiro atoms. The number of nitrogens with zero attached hydrogens (tertiary/aromatic N) is 3. The molecule has 0 bridgehead atoms. The van der Waals surface area contributed by atoms with Crippen molar-refractivity contribution in [2.24, 2.45) is 0 Å². The van der Waals surface area contributed by atoms with Gasteiger partial charge < -0.3 is 21.1 Å². The number of hydrogen-bond donors (Lipinski definition) is 4. The summed E-state index contributed by atoms with van der Waals surface area (Å²) in [5.41, 5.74) is 1.56. The van der Waals surface area contributed by atoms with Gasteiger partial charge >= 0.3 is 6.03 Å². The summed E-state index contributed by atoms with van der Waals surface area (Å²) in [7, 11) is 0. The molecule has 0 radical (unpaired) electrons. The minimum absolute atomic E-state index is 0.182. The highest BCUT2D eigenvalue weighted by Crippen LogP contribution is 2.38. The fourth-order valence-electron chi connectivity index (χ4n) is 3.63. The monoisotopic (exact) mass is 420 g/mol. The summed E-state index contributed by atoms with van der Waals surface area (Å²) in [4.78, 5) is 22.3. The number of aryl methyl sites for hydroxylation is 1. The third-order valence-electron chi connectivity index (χ3n) is 5.16. The second-order valence-corrected chi connectivity index (χ2v) is 7.45. The van der Waals surface area contributed by atoms with E-state index in [9.17, 15) is 14.3 Å². The maximum absolute atomic E-state index is 13.3. The number of carbonyl (C=O) groups is 1. The molecule has 1 aliphatic heterocycles. The van der Waals surface area contributed by atoms with Crippen LogP contribution in [0, 0.1) is 18.2 Å². The van der Waals surface area contributed by atoms with Gasteiger partial charge in [0, 0.05) is 29.4 Å².